The number of fused-ring (bicyclic) bond motifs is 6. The number of para-hydroxylation sites is 2. The molecular weight excluding hydrogens is 358 g/mol. The van der Waals surface area contributed by atoms with E-state index in [1.165, 1.54) is 27.1 Å². The lowest BCUT2D eigenvalue weighted by Crippen LogP contribution is -2.05. The highest BCUT2D eigenvalue weighted by molar-refractivity contribution is 6.11. The predicted molar refractivity (Wildman–Crippen MR) is 119 cm³/mol. The second kappa shape index (κ2) is 6.07. The lowest BCUT2D eigenvalue weighted by atomic mass is 10.1. The number of anilines is 1. The summed E-state index contributed by atoms with van der Waals surface area (Å²) < 4.78 is 2.21. The molecule has 0 atom stereocenters. The van der Waals surface area contributed by atoms with Crippen molar-refractivity contribution in [2.24, 2.45) is 7.05 Å². The van der Waals surface area contributed by atoms with E-state index in [1.807, 2.05) is 18.5 Å². The van der Waals surface area contributed by atoms with E-state index < -0.39 is 0 Å². The molecule has 0 unspecified atom stereocenters. The van der Waals surface area contributed by atoms with Gasteiger partial charge < -0.3 is 14.9 Å². The summed E-state index contributed by atoms with van der Waals surface area (Å²) in [5.41, 5.74) is 5.50. The average molecular weight is 377 g/mol. The average Bonchev–Trinajstić information content (AvgIpc) is 3.29. The van der Waals surface area contributed by atoms with Gasteiger partial charge in [-0.15, -0.1) is 0 Å². The van der Waals surface area contributed by atoms with Gasteiger partial charge in [0, 0.05) is 52.0 Å². The van der Waals surface area contributed by atoms with Gasteiger partial charge in [0.25, 0.3) is 0 Å². The molecule has 0 radical (unpaired) electrons. The number of aryl methyl sites for hydroxylation is 1. The van der Waals surface area contributed by atoms with Crippen LogP contribution in [0, 0.1) is 0 Å². The first-order valence-electron chi connectivity index (χ1n) is 9.71. The van der Waals surface area contributed by atoms with Gasteiger partial charge in [-0.1, -0.05) is 36.4 Å². The van der Waals surface area contributed by atoms with Crippen molar-refractivity contribution in [1.29, 1.82) is 0 Å². The molecule has 0 aliphatic carbocycles. The van der Waals surface area contributed by atoms with Crippen LogP contribution in [0.1, 0.15) is 5.69 Å². The quantitative estimate of drug-likeness (QED) is 0.436. The molecular formula is C24H19N5. The molecule has 5 heteroatoms. The van der Waals surface area contributed by atoms with Gasteiger partial charge in [0.15, 0.2) is 5.82 Å². The van der Waals surface area contributed by atoms with Crippen molar-refractivity contribution < 1.29 is 0 Å². The zero-order chi connectivity index (χ0) is 19.4. The Balaban J connectivity index is 1.45. The lowest BCUT2D eigenvalue weighted by molar-refractivity contribution is 0.995. The summed E-state index contributed by atoms with van der Waals surface area (Å²) in [4.78, 5) is 12.8. The lowest BCUT2D eigenvalue weighted by Gasteiger charge is -2.09. The monoisotopic (exact) mass is 377 g/mol. The zero-order valence-corrected chi connectivity index (χ0v) is 16.0. The van der Waals surface area contributed by atoms with Crippen LogP contribution >= 0.6 is 0 Å². The van der Waals surface area contributed by atoms with Crippen LogP contribution in [0.5, 0.6) is 0 Å². The fourth-order valence-corrected chi connectivity index (χ4v) is 4.39. The molecule has 29 heavy (non-hydrogen) atoms. The summed E-state index contributed by atoms with van der Waals surface area (Å²) >= 11 is 0. The highest BCUT2D eigenvalue weighted by Gasteiger charge is 2.13. The number of nitrogens with one attached hydrogen (secondary N) is 2. The fourth-order valence-electron chi connectivity index (χ4n) is 4.39. The van der Waals surface area contributed by atoms with Gasteiger partial charge in [-0.3, -0.25) is 4.98 Å². The molecule has 0 aliphatic heterocycles. The Labute approximate surface area is 167 Å². The smallest absolute Gasteiger partial charge is 0.150 e. The van der Waals surface area contributed by atoms with E-state index in [1.54, 1.807) is 0 Å². The largest absolute Gasteiger partial charge is 0.363 e. The second-order valence-electron chi connectivity index (χ2n) is 7.34. The number of H-pyrrole nitrogens is 1. The maximum atomic E-state index is 4.63. The van der Waals surface area contributed by atoms with Crippen molar-refractivity contribution in [3.05, 3.63) is 78.8 Å². The van der Waals surface area contributed by atoms with Crippen LogP contribution in [-0.2, 0) is 13.6 Å². The Kier molecular flexibility index (Phi) is 3.38. The number of hydrogen-bond acceptors (Lipinski definition) is 3. The number of nitrogens with zero attached hydrogens (tertiary/aromatic N) is 3. The Hall–Kier alpha value is -3.86. The third-order valence-electron chi connectivity index (χ3n) is 5.74. The molecule has 6 rings (SSSR count). The van der Waals surface area contributed by atoms with Crippen LogP contribution < -0.4 is 5.32 Å². The third kappa shape index (κ3) is 2.34. The summed E-state index contributed by atoms with van der Waals surface area (Å²) in [6.07, 6.45) is 3.75. The molecule has 6 aromatic rings. The molecule has 0 spiro atoms. The van der Waals surface area contributed by atoms with Crippen LogP contribution in [0.25, 0.3) is 43.6 Å². The molecule has 4 aromatic heterocycles. The van der Waals surface area contributed by atoms with Gasteiger partial charge in [0.05, 0.1) is 23.3 Å². The van der Waals surface area contributed by atoms with Crippen molar-refractivity contribution in [1.82, 2.24) is 19.5 Å². The predicted octanol–water partition coefficient (Wildman–Crippen LogP) is 5.37. The fraction of sp³-hybridized carbons (Fsp3) is 0.0833. The minimum atomic E-state index is 0.595. The molecule has 2 aromatic carbocycles. The maximum absolute atomic E-state index is 4.63. The van der Waals surface area contributed by atoms with E-state index in [0.29, 0.717) is 6.54 Å². The summed E-state index contributed by atoms with van der Waals surface area (Å²) in [5.74, 6) is 0.871. The molecule has 4 heterocycles. The topological polar surface area (TPSA) is 58.5 Å². The van der Waals surface area contributed by atoms with Crippen molar-refractivity contribution in [3.8, 4) is 0 Å². The molecule has 0 bridgehead atoms. The van der Waals surface area contributed by atoms with E-state index in [-0.39, 0.29) is 0 Å². The van der Waals surface area contributed by atoms with Crippen LogP contribution in [-0.4, -0.2) is 19.5 Å². The Morgan fingerprint density at radius 3 is 2.52 bits per heavy atom. The molecule has 0 fully saturated rings. The van der Waals surface area contributed by atoms with Crippen LogP contribution in [0.15, 0.2) is 73.1 Å². The molecule has 140 valence electrons. The number of aromatic amines is 1. The summed E-state index contributed by atoms with van der Waals surface area (Å²) in [5, 5.41) is 8.40. The number of aromatic nitrogens is 4. The minimum Gasteiger partial charge on any atom is -0.363 e. The van der Waals surface area contributed by atoms with Crippen molar-refractivity contribution in [2.75, 3.05) is 5.32 Å². The third-order valence-corrected chi connectivity index (χ3v) is 5.74. The van der Waals surface area contributed by atoms with Gasteiger partial charge >= 0.3 is 0 Å². The van der Waals surface area contributed by atoms with Crippen molar-refractivity contribution in [2.45, 2.75) is 6.54 Å². The molecule has 0 saturated heterocycles. The highest BCUT2D eigenvalue weighted by atomic mass is 15.1. The van der Waals surface area contributed by atoms with Crippen molar-refractivity contribution in [3.63, 3.8) is 0 Å². The van der Waals surface area contributed by atoms with E-state index in [4.69, 9.17) is 0 Å². The normalized spacial score (nSPS) is 11.8. The standard InChI is InChI=1S/C24H19N5/c1-29-21-9-5-3-7-16(21)18-11-13-26-24(23(18)29)27-14-20-22-17(10-12-25-20)15-6-2-4-8-19(15)28-22/h2-13,28H,14H2,1H3,(H,26,27). The first kappa shape index (κ1) is 16.1. The Bertz CT molecular complexity index is 1520. The zero-order valence-electron chi connectivity index (χ0n) is 16.0. The van der Waals surface area contributed by atoms with Crippen LogP contribution in [0.3, 0.4) is 0 Å². The number of benzene rings is 2. The Morgan fingerprint density at radius 2 is 1.59 bits per heavy atom. The first-order chi connectivity index (χ1) is 14.3. The first-order valence-corrected chi connectivity index (χ1v) is 9.71. The van der Waals surface area contributed by atoms with E-state index in [9.17, 15) is 0 Å². The van der Waals surface area contributed by atoms with Gasteiger partial charge in [0.2, 0.25) is 0 Å². The Morgan fingerprint density at radius 1 is 0.828 bits per heavy atom. The minimum absolute atomic E-state index is 0.595. The number of hydrogen-bond donors (Lipinski definition) is 2. The molecule has 2 N–H and O–H groups in total. The van der Waals surface area contributed by atoms with Crippen molar-refractivity contribution >= 4 is 49.4 Å². The summed E-state index contributed by atoms with van der Waals surface area (Å²) in [7, 11) is 2.09. The van der Waals surface area contributed by atoms with Gasteiger partial charge in [-0.05, 0) is 24.3 Å². The SMILES string of the molecule is Cn1c2ccccc2c2ccnc(NCc3nccc4c3[nH]c3ccccc34)c21. The van der Waals surface area contributed by atoms with Crippen LogP contribution in [0.4, 0.5) is 5.82 Å². The molecule has 0 amide bonds. The van der Waals surface area contributed by atoms with Gasteiger partial charge in [-0.2, -0.15) is 0 Å². The maximum Gasteiger partial charge on any atom is 0.150 e. The number of pyridine rings is 2. The van der Waals surface area contributed by atoms with Crippen LogP contribution in [0.2, 0.25) is 0 Å². The summed E-state index contributed by atoms with van der Waals surface area (Å²) in [6.45, 7) is 0.595. The molecule has 5 nitrogen and oxygen atoms in total. The second-order valence-corrected chi connectivity index (χ2v) is 7.34. The van der Waals surface area contributed by atoms with E-state index >= 15 is 0 Å². The molecule has 0 aliphatic rings. The summed E-state index contributed by atoms with van der Waals surface area (Å²) in [6, 6.07) is 21.0. The number of rotatable bonds is 3. The van der Waals surface area contributed by atoms with E-state index in [0.717, 1.165) is 28.1 Å². The van der Waals surface area contributed by atoms with Gasteiger partial charge in [0.1, 0.15) is 0 Å². The molecule has 0 saturated carbocycles. The van der Waals surface area contributed by atoms with E-state index in [2.05, 4.69) is 86.5 Å². The van der Waals surface area contributed by atoms with Gasteiger partial charge in [-0.25, -0.2) is 4.98 Å². The highest BCUT2D eigenvalue weighted by Crippen LogP contribution is 2.32.